The minimum absolute atomic E-state index is 0.0657. The highest BCUT2D eigenvalue weighted by Gasteiger charge is 2.26. The number of hydrogen-bond acceptors (Lipinski definition) is 6. The van der Waals surface area contributed by atoms with E-state index < -0.39 is 10.9 Å². The Morgan fingerprint density at radius 3 is 2.39 bits per heavy atom. The summed E-state index contributed by atoms with van der Waals surface area (Å²) in [7, 11) is 0. The second-order valence-corrected chi connectivity index (χ2v) is 6.64. The third kappa shape index (κ3) is 4.58. The normalized spacial score (nSPS) is 13.9. The molecule has 2 aromatic rings. The van der Waals surface area contributed by atoms with Crippen LogP contribution in [-0.2, 0) is 9.53 Å². The van der Waals surface area contributed by atoms with Crippen molar-refractivity contribution in [1.29, 1.82) is 0 Å². The lowest BCUT2D eigenvalue weighted by atomic mass is 10.2. The average molecular weight is 404 g/mol. The van der Waals surface area contributed by atoms with Gasteiger partial charge in [-0.15, -0.1) is 0 Å². The molecule has 146 valence electrons. The van der Waals surface area contributed by atoms with Gasteiger partial charge < -0.3 is 14.5 Å². The van der Waals surface area contributed by atoms with Crippen molar-refractivity contribution < 1.29 is 19.2 Å². The number of amides is 1. The molecule has 28 heavy (non-hydrogen) atoms. The number of nitro benzene ring substituents is 1. The lowest BCUT2D eigenvalue weighted by molar-refractivity contribution is -0.384. The fraction of sp³-hybridized carbons (Fsp3) is 0.263. The summed E-state index contributed by atoms with van der Waals surface area (Å²) in [5.41, 5.74) is 0.788. The molecular formula is C19H18ClN3O5. The second kappa shape index (κ2) is 8.71. The van der Waals surface area contributed by atoms with Crippen LogP contribution < -0.4 is 4.90 Å². The summed E-state index contributed by atoms with van der Waals surface area (Å²) < 4.78 is 5.07. The molecule has 2 aromatic carbocycles. The van der Waals surface area contributed by atoms with E-state index in [1.54, 1.807) is 47.4 Å². The van der Waals surface area contributed by atoms with Crippen LogP contribution in [0.4, 0.5) is 11.4 Å². The van der Waals surface area contributed by atoms with E-state index in [0.29, 0.717) is 42.5 Å². The van der Waals surface area contributed by atoms with Gasteiger partial charge in [0.05, 0.1) is 10.5 Å². The van der Waals surface area contributed by atoms with E-state index in [4.69, 9.17) is 16.3 Å². The first-order chi connectivity index (χ1) is 13.5. The molecule has 0 spiro atoms. The van der Waals surface area contributed by atoms with Gasteiger partial charge in [0, 0.05) is 37.3 Å². The summed E-state index contributed by atoms with van der Waals surface area (Å²) in [6.07, 6.45) is 0. The number of piperazine rings is 1. The standard InChI is InChI=1S/C19H18ClN3O5/c20-15-6-7-16(17(12-15)23(26)27)21-8-10-22(11-9-21)18(24)13-28-19(25)14-4-2-1-3-5-14/h1-7,12H,8-11,13H2. The Morgan fingerprint density at radius 1 is 1.07 bits per heavy atom. The maximum absolute atomic E-state index is 12.3. The third-order valence-corrected chi connectivity index (χ3v) is 4.68. The zero-order valence-corrected chi connectivity index (χ0v) is 15.7. The lowest BCUT2D eigenvalue weighted by Crippen LogP contribution is -2.50. The van der Waals surface area contributed by atoms with Gasteiger partial charge in [0.25, 0.3) is 11.6 Å². The highest BCUT2D eigenvalue weighted by molar-refractivity contribution is 6.30. The van der Waals surface area contributed by atoms with Crippen LogP contribution in [0.2, 0.25) is 5.02 Å². The van der Waals surface area contributed by atoms with Gasteiger partial charge in [-0.2, -0.15) is 0 Å². The van der Waals surface area contributed by atoms with E-state index in [0.717, 1.165) is 0 Å². The number of nitrogens with zero attached hydrogens (tertiary/aromatic N) is 3. The van der Waals surface area contributed by atoms with Gasteiger partial charge in [-0.25, -0.2) is 4.79 Å². The van der Waals surface area contributed by atoms with Gasteiger partial charge in [0.1, 0.15) is 5.69 Å². The smallest absolute Gasteiger partial charge is 0.338 e. The Labute approximate surface area is 166 Å². The number of ether oxygens (including phenoxy) is 1. The molecular weight excluding hydrogens is 386 g/mol. The molecule has 0 unspecified atom stereocenters. The van der Waals surface area contributed by atoms with Crippen molar-refractivity contribution >= 4 is 34.9 Å². The maximum Gasteiger partial charge on any atom is 0.338 e. The van der Waals surface area contributed by atoms with Gasteiger partial charge in [0.15, 0.2) is 6.61 Å². The van der Waals surface area contributed by atoms with E-state index in [-0.39, 0.29) is 18.2 Å². The maximum atomic E-state index is 12.3. The SMILES string of the molecule is O=C(OCC(=O)N1CCN(c2ccc(Cl)cc2[N+](=O)[O-])CC1)c1ccccc1. The minimum atomic E-state index is -0.552. The summed E-state index contributed by atoms with van der Waals surface area (Å²) in [6, 6.07) is 13.0. The number of carbonyl (C=O) groups is 2. The van der Waals surface area contributed by atoms with Crippen molar-refractivity contribution in [3.05, 3.63) is 69.2 Å². The largest absolute Gasteiger partial charge is 0.452 e. The molecule has 0 aromatic heterocycles. The Balaban J connectivity index is 1.55. The molecule has 0 N–H and O–H groups in total. The topological polar surface area (TPSA) is 93.0 Å². The number of benzene rings is 2. The predicted octanol–water partition coefficient (Wildman–Crippen LogP) is 2.75. The zero-order chi connectivity index (χ0) is 20.1. The molecule has 9 heteroatoms. The third-order valence-electron chi connectivity index (χ3n) is 4.44. The van der Waals surface area contributed by atoms with Crippen LogP contribution in [0.5, 0.6) is 0 Å². The van der Waals surface area contributed by atoms with Gasteiger partial charge >= 0.3 is 5.97 Å². The number of halogens is 1. The minimum Gasteiger partial charge on any atom is -0.452 e. The molecule has 8 nitrogen and oxygen atoms in total. The Kier molecular flexibility index (Phi) is 6.10. The Morgan fingerprint density at radius 2 is 1.75 bits per heavy atom. The van der Waals surface area contributed by atoms with Crippen LogP contribution >= 0.6 is 11.6 Å². The first-order valence-corrected chi connectivity index (χ1v) is 9.02. The molecule has 0 bridgehead atoms. The number of hydrogen-bond donors (Lipinski definition) is 0. The van der Waals surface area contributed by atoms with Crippen LogP contribution in [-0.4, -0.2) is 54.5 Å². The fourth-order valence-corrected chi connectivity index (χ4v) is 3.15. The first kappa shape index (κ1) is 19.6. The zero-order valence-electron chi connectivity index (χ0n) is 14.9. The molecule has 0 radical (unpaired) electrons. The van der Waals surface area contributed by atoms with Crippen LogP contribution in [0.3, 0.4) is 0 Å². The number of rotatable bonds is 5. The fourth-order valence-electron chi connectivity index (χ4n) is 2.98. The van der Waals surface area contributed by atoms with E-state index in [1.807, 2.05) is 4.90 Å². The van der Waals surface area contributed by atoms with Crippen LogP contribution in [0.1, 0.15) is 10.4 Å². The Bertz CT molecular complexity index is 882. The predicted molar refractivity (Wildman–Crippen MR) is 104 cm³/mol. The monoisotopic (exact) mass is 403 g/mol. The molecule has 0 atom stereocenters. The van der Waals surface area contributed by atoms with Gasteiger partial charge in [-0.3, -0.25) is 14.9 Å². The number of nitro groups is 1. The quantitative estimate of drug-likeness (QED) is 0.433. The van der Waals surface area contributed by atoms with Gasteiger partial charge in [-0.1, -0.05) is 29.8 Å². The summed E-state index contributed by atoms with van der Waals surface area (Å²) in [4.78, 5) is 38.4. The van der Waals surface area contributed by atoms with Crippen molar-refractivity contribution in [3.63, 3.8) is 0 Å². The molecule has 0 saturated carbocycles. The van der Waals surface area contributed by atoms with E-state index in [2.05, 4.69) is 0 Å². The number of esters is 1. The van der Waals surface area contributed by atoms with Gasteiger partial charge in [0.2, 0.25) is 0 Å². The van der Waals surface area contributed by atoms with Crippen LogP contribution in [0.15, 0.2) is 48.5 Å². The van der Waals surface area contributed by atoms with Crippen molar-refractivity contribution in [1.82, 2.24) is 4.90 Å². The highest BCUT2D eigenvalue weighted by atomic mass is 35.5. The molecule has 0 aliphatic carbocycles. The molecule has 1 heterocycles. The first-order valence-electron chi connectivity index (χ1n) is 8.64. The summed E-state index contributed by atoms with van der Waals surface area (Å²) in [5.74, 6) is -0.848. The summed E-state index contributed by atoms with van der Waals surface area (Å²) in [6.45, 7) is 1.28. The summed E-state index contributed by atoms with van der Waals surface area (Å²) in [5, 5.41) is 11.6. The van der Waals surface area contributed by atoms with E-state index in [9.17, 15) is 19.7 Å². The van der Waals surface area contributed by atoms with Crippen molar-refractivity contribution in [2.75, 3.05) is 37.7 Å². The number of carbonyl (C=O) groups excluding carboxylic acids is 2. The Hall–Kier alpha value is -3.13. The molecule has 1 fully saturated rings. The molecule has 1 saturated heterocycles. The van der Waals surface area contributed by atoms with Gasteiger partial charge in [-0.05, 0) is 24.3 Å². The molecule has 1 amide bonds. The van der Waals surface area contributed by atoms with Crippen LogP contribution in [0, 0.1) is 10.1 Å². The van der Waals surface area contributed by atoms with E-state index in [1.165, 1.54) is 6.07 Å². The summed E-state index contributed by atoms with van der Waals surface area (Å²) >= 11 is 5.85. The van der Waals surface area contributed by atoms with E-state index >= 15 is 0 Å². The van der Waals surface area contributed by atoms with Crippen molar-refractivity contribution in [2.45, 2.75) is 0 Å². The second-order valence-electron chi connectivity index (χ2n) is 6.20. The van der Waals surface area contributed by atoms with Crippen molar-refractivity contribution in [2.24, 2.45) is 0 Å². The highest BCUT2D eigenvalue weighted by Crippen LogP contribution is 2.31. The molecule has 3 rings (SSSR count). The average Bonchev–Trinajstić information content (AvgIpc) is 2.72. The van der Waals surface area contributed by atoms with Crippen molar-refractivity contribution in [3.8, 4) is 0 Å². The molecule has 1 aliphatic heterocycles. The lowest BCUT2D eigenvalue weighted by Gasteiger charge is -2.35. The van der Waals surface area contributed by atoms with Crippen LogP contribution in [0.25, 0.3) is 0 Å². The molecule has 1 aliphatic rings. The number of anilines is 1.